The zero-order valence-electron chi connectivity index (χ0n) is 21.3. The molecule has 0 spiro atoms. The van der Waals surface area contributed by atoms with Crippen LogP contribution in [0.15, 0.2) is 114 Å². The zero-order valence-corrected chi connectivity index (χ0v) is 22.9. The first-order valence-corrected chi connectivity index (χ1v) is 14.0. The van der Waals surface area contributed by atoms with Crippen molar-refractivity contribution in [1.29, 1.82) is 0 Å². The van der Waals surface area contributed by atoms with Crippen LogP contribution in [0.25, 0.3) is 10.9 Å². The summed E-state index contributed by atoms with van der Waals surface area (Å²) in [6.07, 6.45) is 0.159. The SMILES string of the molecule is O=C(NC(Cc1cc(=O)[nH]c2ccccc12)C(=O)SCc1cccc(Oc2ccccc2)c1)c1ccc(Cl)cc1. The first-order valence-electron chi connectivity index (χ1n) is 12.6. The second-order valence-corrected chi connectivity index (χ2v) is 10.5. The maximum Gasteiger partial charge on any atom is 0.251 e. The second-order valence-electron chi connectivity index (χ2n) is 9.11. The minimum Gasteiger partial charge on any atom is -0.457 e. The molecule has 1 amide bonds. The first kappa shape index (κ1) is 27.2. The van der Waals surface area contributed by atoms with Crippen molar-refractivity contribution >= 4 is 45.3 Å². The van der Waals surface area contributed by atoms with Crippen molar-refractivity contribution in [3.8, 4) is 11.5 Å². The van der Waals surface area contributed by atoms with Crippen molar-refractivity contribution in [2.75, 3.05) is 0 Å². The Labute approximate surface area is 240 Å². The maximum absolute atomic E-state index is 13.5. The summed E-state index contributed by atoms with van der Waals surface area (Å²) in [5, 5.41) is 3.98. The Morgan fingerprint density at radius 2 is 1.57 bits per heavy atom. The third-order valence-electron chi connectivity index (χ3n) is 6.21. The standard InChI is InChI=1S/C32H25ClN2O4S/c33-24-15-13-22(14-16-24)31(37)35-29(18-23-19-30(36)34-28-12-5-4-11-27(23)28)32(38)40-20-21-7-6-10-26(17-21)39-25-8-2-1-3-9-25/h1-17,19,29H,18,20H2,(H,34,36)(H,35,37). The Hall–Kier alpha value is -4.33. The monoisotopic (exact) mass is 568 g/mol. The van der Waals surface area contributed by atoms with Crippen LogP contribution >= 0.6 is 23.4 Å². The van der Waals surface area contributed by atoms with Crippen LogP contribution in [0.4, 0.5) is 0 Å². The van der Waals surface area contributed by atoms with Crippen LogP contribution in [0, 0.1) is 0 Å². The Bertz CT molecular complexity index is 1700. The summed E-state index contributed by atoms with van der Waals surface area (Å²) in [6, 6.07) is 31.5. The van der Waals surface area contributed by atoms with Gasteiger partial charge < -0.3 is 15.0 Å². The van der Waals surface area contributed by atoms with Gasteiger partial charge in [-0.1, -0.05) is 71.9 Å². The second kappa shape index (κ2) is 12.7. The fourth-order valence-corrected chi connectivity index (χ4v) is 5.24. The molecule has 40 heavy (non-hydrogen) atoms. The molecule has 0 saturated carbocycles. The number of halogens is 1. The maximum atomic E-state index is 13.5. The van der Waals surface area contributed by atoms with E-state index in [9.17, 15) is 14.4 Å². The van der Waals surface area contributed by atoms with Gasteiger partial charge in [-0.3, -0.25) is 14.4 Å². The van der Waals surface area contributed by atoms with Crippen LogP contribution in [-0.2, 0) is 17.0 Å². The number of H-pyrrole nitrogens is 1. The quantitative estimate of drug-likeness (QED) is 0.205. The minimum atomic E-state index is -0.873. The third-order valence-corrected chi connectivity index (χ3v) is 7.51. The number of thioether (sulfide) groups is 1. The van der Waals surface area contributed by atoms with Crippen LogP contribution in [0.5, 0.6) is 11.5 Å². The molecule has 0 bridgehead atoms. The number of nitrogens with one attached hydrogen (secondary N) is 2. The number of hydrogen-bond acceptors (Lipinski definition) is 5. The number of amides is 1. The van der Waals surface area contributed by atoms with Crippen LogP contribution in [-0.4, -0.2) is 22.0 Å². The van der Waals surface area contributed by atoms with Gasteiger partial charge in [0, 0.05) is 39.7 Å². The summed E-state index contributed by atoms with van der Waals surface area (Å²) in [7, 11) is 0. The summed E-state index contributed by atoms with van der Waals surface area (Å²) in [5.74, 6) is 1.37. The van der Waals surface area contributed by atoms with Crippen LogP contribution in [0.1, 0.15) is 21.5 Å². The van der Waals surface area contributed by atoms with E-state index in [0.717, 1.165) is 28.5 Å². The lowest BCUT2D eigenvalue weighted by Crippen LogP contribution is -2.41. The molecule has 5 aromatic rings. The zero-order chi connectivity index (χ0) is 27.9. The van der Waals surface area contributed by atoms with Gasteiger partial charge in [0.25, 0.3) is 5.91 Å². The normalized spacial score (nSPS) is 11.6. The van der Waals surface area contributed by atoms with Crippen molar-refractivity contribution < 1.29 is 14.3 Å². The minimum absolute atomic E-state index is 0.159. The highest BCUT2D eigenvalue weighted by Crippen LogP contribution is 2.25. The van der Waals surface area contributed by atoms with Gasteiger partial charge in [0.1, 0.15) is 17.5 Å². The van der Waals surface area contributed by atoms with E-state index in [2.05, 4.69) is 10.3 Å². The van der Waals surface area contributed by atoms with Gasteiger partial charge in [-0.2, -0.15) is 0 Å². The number of carbonyl (C=O) groups is 2. The number of carbonyl (C=O) groups excluding carboxylic acids is 2. The van der Waals surface area contributed by atoms with Crippen LogP contribution in [0.3, 0.4) is 0 Å². The number of benzene rings is 4. The number of aromatic amines is 1. The Kier molecular flexibility index (Phi) is 8.64. The molecule has 2 N–H and O–H groups in total. The first-order chi connectivity index (χ1) is 19.4. The van der Waals surface area contributed by atoms with E-state index in [1.54, 1.807) is 24.3 Å². The molecule has 200 valence electrons. The number of para-hydroxylation sites is 2. The summed E-state index contributed by atoms with van der Waals surface area (Å²) >= 11 is 7.08. The largest absolute Gasteiger partial charge is 0.457 e. The molecular weight excluding hydrogens is 544 g/mol. The van der Waals surface area contributed by atoms with E-state index in [4.69, 9.17) is 16.3 Å². The van der Waals surface area contributed by atoms with E-state index in [0.29, 0.717) is 33.2 Å². The summed E-state index contributed by atoms with van der Waals surface area (Å²) < 4.78 is 5.92. The molecule has 4 aromatic carbocycles. The molecule has 0 aliphatic heterocycles. The van der Waals surface area contributed by atoms with Gasteiger partial charge in [-0.15, -0.1) is 0 Å². The Balaban J connectivity index is 1.36. The van der Waals surface area contributed by atoms with Crippen LogP contribution in [0.2, 0.25) is 5.02 Å². The summed E-state index contributed by atoms with van der Waals surface area (Å²) in [5.41, 5.74) is 2.35. The lowest BCUT2D eigenvalue weighted by Gasteiger charge is -2.19. The molecule has 1 unspecified atom stereocenters. The van der Waals surface area contributed by atoms with Crippen molar-refractivity contribution in [3.63, 3.8) is 0 Å². The van der Waals surface area contributed by atoms with E-state index >= 15 is 0 Å². The molecule has 0 saturated heterocycles. The molecule has 6 nitrogen and oxygen atoms in total. The molecule has 5 rings (SSSR count). The number of hydrogen-bond donors (Lipinski definition) is 2. The van der Waals surface area contributed by atoms with Gasteiger partial charge in [-0.05, 0) is 65.7 Å². The van der Waals surface area contributed by atoms with E-state index in [1.165, 1.54) is 6.07 Å². The lowest BCUT2D eigenvalue weighted by molar-refractivity contribution is -0.112. The molecule has 0 radical (unpaired) electrons. The summed E-state index contributed by atoms with van der Waals surface area (Å²) in [4.78, 5) is 41.8. The topological polar surface area (TPSA) is 88.3 Å². The van der Waals surface area contributed by atoms with E-state index < -0.39 is 11.9 Å². The van der Waals surface area contributed by atoms with Crippen LogP contribution < -0.4 is 15.6 Å². The van der Waals surface area contributed by atoms with Crippen molar-refractivity contribution in [2.45, 2.75) is 18.2 Å². The highest BCUT2D eigenvalue weighted by Gasteiger charge is 2.24. The predicted octanol–water partition coefficient (Wildman–Crippen LogP) is 6.77. The lowest BCUT2D eigenvalue weighted by atomic mass is 10.0. The summed E-state index contributed by atoms with van der Waals surface area (Å²) in [6.45, 7) is 0. The fourth-order valence-electron chi connectivity index (χ4n) is 4.28. The van der Waals surface area contributed by atoms with Crippen molar-refractivity contribution in [3.05, 3.63) is 141 Å². The predicted molar refractivity (Wildman–Crippen MR) is 160 cm³/mol. The number of pyridine rings is 1. The van der Waals surface area contributed by atoms with Gasteiger partial charge >= 0.3 is 0 Å². The number of ether oxygens (including phenoxy) is 1. The Morgan fingerprint density at radius 1 is 0.850 bits per heavy atom. The van der Waals surface area contributed by atoms with Gasteiger partial charge in [-0.25, -0.2) is 0 Å². The fraction of sp³-hybridized carbons (Fsp3) is 0.0938. The average molecular weight is 569 g/mol. The average Bonchev–Trinajstić information content (AvgIpc) is 2.96. The molecular formula is C32H25ClN2O4S. The van der Waals surface area contributed by atoms with Crippen molar-refractivity contribution in [1.82, 2.24) is 10.3 Å². The van der Waals surface area contributed by atoms with Gasteiger partial charge in [0.05, 0.1) is 0 Å². The number of rotatable bonds is 9. The molecule has 0 aliphatic carbocycles. The van der Waals surface area contributed by atoms with E-state index in [1.807, 2.05) is 78.9 Å². The number of fused-ring (bicyclic) bond motifs is 1. The molecule has 1 heterocycles. The molecule has 1 aromatic heterocycles. The number of aromatic nitrogens is 1. The smallest absolute Gasteiger partial charge is 0.251 e. The van der Waals surface area contributed by atoms with Crippen molar-refractivity contribution in [2.24, 2.45) is 0 Å². The highest BCUT2D eigenvalue weighted by atomic mass is 35.5. The molecule has 0 fully saturated rings. The molecule has 0 aliphatic rings. The molecule has 8 heteroatoms. The van der Waals surface area contributed by atoms with E-state index in [-0.39, 0.29) is 17.1 Å². The van der Waals surface area contributed by atoms with Gasteiger partial charge in [0.2, 0.25) is 10.7 Å². The molecule has 1 atom stereocenters. The third kappa shape index (κ3) is 7.00. The Morgan fingerprint density at radius 3 is 2.38 bits per heavy atom. The van der Waals surface area contributed by atoms with Gasteiger partial charge in [0.15, 0.2) is 0 Å². The highest BCUT2D eigenvalue weighted by molar-refractivity contribution is 8.13.